The third kappa shape index (κ3) is 4.83. The topological polar surface area (TPSA) is 60.3 Å². The number of nitrogens with one attached hydrogen (secondary N) is 1. The maximum Gasteiger partial charge on any atom is 0.340 e. The summed E-state index contributed by atoms with van der Waals surface area (Å²) in [5, 5.41) is 3.36. The van der Waals surface area contributed by atoms with Gasteiger partial charge in [0.05, 0.1) is 5.56 Å². The second-order valence-electron chi connectivity index (χ2n) is 6.79. The van der Waals surface area contributed by atoms with Crippen LogP contribution in [0.2, 0.25) is 10.0 Å². The van der Waals surface area contributed by atoms with Gasteiger partial charge in [0.2, 0.25) is 0 Å². The molecule has 0 radical (unpaired) electrons. The number of aromatic nitrogens is 1. The van der Waals surface area contributed by atoms with Gasteiger partial charge in [0.25, 0.3) is 5.91 Å². The third-order valence-corrected chi connectivity index (χ3v) is 4.96. The average Bonchev–Trinajstić information content (AvgIpc) is 2.96. The summed E-state index contributed by atoms with van der Waals surface area (Å²) in [7, 11) is 0. The first-order chi connectivity index (χ1) is 14.2. The fraction of sp³-hybridized carbons (Fsp3) is 0.182. The number of carbonyl (C=O) groups excluding carboxylic acids is 2. The summed E-state index contributed by atoms with van der Waals surface area (Å²) in [4.78, 5) is 25.1. The maximum absolute atomic E-state index is 13.2. The van der Waals surface area contributed by atoms with Gasteiger partial charge in [0, 0.05) is 32.8 Å². The molecular formula is C22H19Cl2FN2O3. The molecule has 2 aromatic carbocycles. The first-order valence-electron chi connectivity index (χ1n) is 9.08. The lowest BCUT2D eigenvalue weighted by Crippen LogP contribution is -2.30. The molecule has 0 aliphatic carbocycles. The number of hydrogen-bond donors (Lipinski definition) is 1. The Bertz CT molecular complexity index is 1090. The van der Waals surface area contributed by atoms with Crippen LogP contribution in [0.5, 0.6) is 0 Å². The van der Waals surface area contributed by atoms with Crippen molar-refractivity contribution in [3.05, 3.63) is 81.3 Å². The molecule has 3 rings (SSSR count). The number of ether oxygens (including phenoxy) is 1. The van der Waals surface area contributed by atoms with Gasteiger partial charge in [0.15, 0.2) is 6.10 Å². The molecule has 1 unspecified atom stereocenters. The Balaban J connectivity index is 1.74. The van der Waals surface area contributed by atoms with Crippen LogP contribution in [0.25, 0.3) is 5.69 Å². The van der Waals surface area contributed by atoms with Gasteiger partial charge in [-0.1, -0.05) is 23.2 Å². The van der Waals surface area contributed by atoms with Crippen molar-refractivity contribution in [1.29, 1.82) is 0 Å². The minimum atomic E-state index is -1.05. The van der Waals surface area contributed by atoms with Crippen LogP contribution in [0.4, 0.5) is 10.1 Å². The van der Waals surface area contributed by atoms with Crippen molar-refractivity contribution >= 4 is 40.8 Å². The van der Waals surface area contributed by atoms with Gasteiger partial charge in [-0.05, 0) is 69.3 Å². The molecule has 30 heavy (non-hydrogen) atoms. The highest BCUT2D eigenvalue weighted by Crippen LogP contribution is 2.24. The number of hydrogen-bond acceptors (Lipinski definition) is 3. The van der Waals surface area contributed by atoms with Gasteiger partial charge < -0.3 is 14.6 Å². The zero-order valence-corrected chi connectivity index (χ0v) is 18.0. The van der Waals surface area contributed by atoms with E-state index < -0.39 is 18.0 Å². The molecule has 8 heteroatoms. The van der Waals surface area contributed by atoms with E-state index in [1.807, 2.05) is 11.5 Å². The van der Waals surface area contributed by atoms with Crippen LogP contribution < -0.4 is 5.32 Å². The average molecular weight is 449 g/mol. The van der Waals surface area contributed by atoms with Crippen LogP contribution in [0.15, 0.2) is 48.5 Å². The second-order valence-corrected chi connectivity index (χ2v) is 7.66. The number of amides is 1. The van der Waals surface area contributed by atoms with E-state index in [1.54, 1.807) is 31.2 Å². The zero-order valence-electron chi connectivity index (χ0n) is 16.5. The van der Waals surface area contributed by atoms with Crippen LogP contribution in [-0.4, -0.2) is 22.5 Å². The van der Waals surface area contributed by atoms with Crippen molar-refractivity contribution in [2.24, 2.45) is 0 Å². The zero-order chi connectivity index (χ0) is 22.0. The smallest absolute Gasteiger partial charge is 0.340 e. The highest BCUT2D eigenvalue weighted by Gasteiger charge is 2.23. The molecular weight excluding hydrogens is 430 g/mol. The minimum Gasteiger partial charge on any atom is -0.449 e. The number of anilines is 1. The SMILES string of the molecule is Cc1cc(C(=O)OC(C)C(=O)Nc2cc(Cl)cc(Cl)c2)c(C)n1-c1ccc(F)cc1. The van der Waals surface area contributed by atoms with Crippen molar-refractivity contribution in [2.75, 3.05) is 5.32 Å². The first-order valence-corrected chi connectivity index (χ1v) is 9.84. The standard InChI is InChI=1S/C22H19Cl2FN2O3/c1-12-8-20(13(2)27(12)19-6-4-17(25)5-7-19)22(29)30-14(3)21(28)26-18-10-15(23)9-16(24)11-18/h4-11,14H,1-3H3,(H,26,28). The van der Waals surface area contributed by atoms with E-state index in [2.05, 4.69) is 5.32 Å². The number of rotatable bonds is 5. The predicted molar refractivity (Wildman–Crippen MR) is 115 cm³/mol. The highest BCUT2D eigenvalue weighted by atomic mass is 35.5. The highest BCUT2D eigenvalue weighted by molar-refractivity contribution is 6.35. The monoisotopic (exact) mass is 448 g/mol. The fourth-order valence-electron chi connectivity index (χ4n) is 3.10. The fourth-order valence-corrected chi connectivity index (χ4v) is 3.63. The summed E-state index contributed by atoms with van der Waals surface area (Å²) in [5.41, 5.74) is 2.83. The van der Waals surface area contributed by atoms with Crippen molar-refractivity contribution in [3.63, 3.8) is 0 Å². The summed E-state index contributed by atoms with van der Waals surface area (Å²) < 4.78 is 20.4. The summed E-state index contributed by atoms with van der Waals surface area (Å²) in [6, 6.07) is 12.2. The molecule has 156 valence electrons. The van der Waals surface area contributed by atoms with E-state index in [0.717, 1.165) is 5.69 Å². The lowest BCUT2D eigenvalue weighted by Gasteiger charge is -2.14. The van der Waals surface area contributed by atoms with E-state index in [-0.39, 0.29) is 5.82 Å². The Morgan fingerprint density at radius 1 is 1.03 bits per heavy atom. The molecule has 5 nitrogen and oxygen atoms in total. The molecule has 0 bridgehead atoms. The molecule has 1 N–H and O–H groups in total. The Hall–Kier alpha value is -2.83. The number of nitrogens with zero attached hydrogens (tertiary/aromatic N) is 1. The van der Waals surface area contributed by atoms with Gasteiger partial charge in [0.1, 0.15) is 5.82 Å². The Morgan fingerprint density at radius 3 is 2.23 bits per heavy atom. The van der Waals surface area contributed by atoms with Crippen LogP contribution in [0.3, 0.4) is 0 Å². The molecule has 0 saturated heterocycles. The number of halogens is 3. The Morgan fingerprint density at radius 2 is 1.63 bits per heavy atom. The summed E-state index contributed by atoms with van der Waals surface area (Å²) in [6.45, 7) is 5.05. The van der Waals surface area contributed by atoms with Gasteiger partial charge >= 0.3 is 5.97 Å². The van der Waals surface area contributed by atoms with Crippen LogP contribution in [0, 0.1) is 19.7 Å². The number of benzene rings is 2. The minimum absolute atomic E-state index is 0.322. The summed E-state index contributed by atoms with van der Waals surface area (Å²) >= 11 is 11.9. The number of esters is 1. The largest absolute Gasteiger partial charge is 0.449 e. The van der Waals surface area contributed by atoms with Gasteiger partial charge in [-0.15, -0.1) is 0 Å². The second kappa shape index (κ2) is 8.90. The van der Waals surface area contributed by atoms with E-state index in [4.69, 9.17) is 27.9 Å². The molecule has 1 aromatic heterocycles. The van der Waals surface area contributed by atoms with Gasteiger partial charge in [-0.25, -0.2) is 9.18 Å². The van der Waals surface area contributed by atoms with Crippen LogP contribution in [0.1, 0.15) is 28.7 Å². The molecule has 0 aliphatic heterocycles. The van der Waals surface area contributed by atoms with Crippen molar-refractivity contribution < 1.29 is 18.7 Å². The van der Waals surface area contributed by atoms with E-state index in [0.29, 0.717) is 32.7 Å². The molecule has 1 heterocycles. The van der Waals surface area contributed by atoms with Gasteiger partial charge in [-0.2, -0.15) is 0 Å². The molecule has 1 atom stereocenters. The molecule has 3 aromatic rings. The third-order valence-electron chi connectivity index (χ3n) is 4.52. The lowest BCUT2D eigenvalue weighted by atomic mass is 10.2. The normalized spacial score (nSPS) is 11.8. The molecule has 1 amide bonds. The molecule has 0 saturated carbocycles. The van der Waals surface area contributed by atoms with Crippen LogP contribution >= 0.6 is 23.2 Å². The van der Waals surface area contributed by atoms with Crippen LogP contribution in [-0.2, 0) is 9.53 Å². The quantitative estimate of drug-likeness (QED) is 0.507. The molecule has 0 fully saturated rings. The van der Waals surface area contributed by atoms with Crippen molar-refractivity contribution in [3.8, 4) is 5.69 Å². The maximum atomic E-state index is 13.2. The Labute approximate surface area is 183 Å². The van der Waals surface area contributed by atoms with E-state index in [9.17, 15) is 14.0 Å². The van der Waals surface area contributed by atoms with Gasteiger partial charge in [-0.3, -0.25) is 4.79 Å². The molecule has 0 aliphatic rings. The van der Waals surface area contributed by atoms with E-state index in [1.165, 1.54) is 31.2 Å². The Kier molecular flexibility index (Phi) is 6.48. The van der Waals surface area contributed by atoms with Crippen molar-refractivity contribution in [1.82, 2.24) is 4.57 Å². The summed E-state index contributed by atoms with van der Waals surface area (Å²) in [5.74, 6) is -1.50. The summed E-state index contributed by atoms with van der Waals surface area (Å²) in [6.07, 6.45) is -1.05. The predicted octanol–water partition coefficient (Wildman–Crippen LogP) is 5.72. The molecule has 0 spiro atoms. The first kappa shape index (κ1) is 21.9. The van der Waals surface area contributed by atoms with E-state index >= 15 is 0 Å². The van der Waals surface area contributed by atoms with Crippen molar-refractivity contribution in [2.45, 2.75) is 26.9 Å². The lowest BCUT2D eigenvalue weighted by molar-refractivity contribution is -0.123. The number of carbonyl (C=O) groups is 2. The number of aryl methyl sites for hydroxylation is 1.